The second kappa shape index (κ2) is 9.43. The number of aryl methyl sites for hydroxylation is 1. The molecule has 0 bridgehead atoms. The molecule has 4 aromatic rings. The topological polar surface area (TPSA) is 87.7 Å². The summed E-state index contributed by atoms with van der Waals surface area (Å²) in [5.41, 5.74) is 3.00. The summed E-state index contributed by atoms with van der Waals surface area (Å²) in [6, 6.07) is 16.3. The molecule has 0 unspecified atom stereocenters. The lowest BCUT2D eigenvalue weighted by molar-refractivity contribution is -0.136. The Morgan fingerprint density at radius 2 is 1.83 bits per heavy atom. The number of allylic oxidation sites excluding steroid dienone is 1. The molecule has 2 aromatic carbocycles. The molecule has 8 nitrogen and oxygen atoms in total. The first-order chi connectivity index (χ1) is 17.4. The monoisotopic (exact) mass is 500 g/mol. The van der Waals surface area contributed by atoms with Crippen molar-refractivity contribution in [1.29, 1.82) is 0 Å². The van der Waals surface area contributed by atoms with Gasteiger partial charge in [0, 0.05) is 18.3 Å². The average molecular weight is 501 g/mol. The van der Waals surface area contributed by atoms with Crippen LogP contribution in [0.3, 0.4) is 0 Å². The first-order valence-corrected chi connectivity index (χ1v) is 12.1. The van der Waals surface area contributed by atoms with Crippen LogP contribution >= 0.6 is 11.3 Å². The average Bonchev–Trinajstić information content (AvgIpc) is 3.36. The van der Waals surface area contributed by atoms with E-state index in [1.54, 1.807) is 22.4 Å². The molecule has 3 heterocycles. The highest BCUT2D eigenvalue weighted by molar-refractivity contribution is 7.07. The molecule has 2 aromatic heterocycles. The van der Waals surface area contributed by atoms with E-state index in [9.17, 15) is 9.59 Å². The van der Waals surface area contributed by atoms with Crippen LogP contribution in [0.1, 0.15) is 29.8 Å². The maximum Gasteiger partial charge on any atom is 0.338 e. The molecule has 182 valence electrons. The van der Waals surface area contributed by atoms with Gasteiger partial charge in [0.05, 0.1) is 29.1 Å². The zero-order chi connectivity index (χ0) is 25.4. The maximum absolute atomic E-state index is 13.7. The van der Waals surface area contributed by atoms with E-state index < -0.39 is 12.0 Å². The quantitative estimate of drug-likeness (QED) is 0.393. The Kier molecular flexibility index (Phi) is 6.15. The lowest BCUT2D eigenvalue weighted by Gasteiger charge is -2.23. The molecule has 36 heavy (non-hydrogen) atoms. The van der Waals surface area contributed by atoms with Crippen LogP contribution in [0, 0.1) is 6.92 Å². The van der Waals surface area contributed by atoms with Crippen LogP contribution in [0.5, 0.6) is 11.5 Å². The maximum atomic E-state index is 13.7. The summed E-state index contributed by atoms with van der Waals surface area (Å²) in [5, 5.41) is 4.33. The molecule has 0 N–H and O–H groups in total. The fourth-order valence-corrected chi connectivity index (χ4v) is 5.26. The highest BCUT2D eigenvalue weighted by atomic mass is 32.1. The highest BCUT2D eigenvalue weighted by Gasteiger charge is 2.34. The summed E-state index contributed by atoms with van der Waals surface area (Å²) in [6.45, 7) is 3.66. The van der Waals surface area contributed by atoms with Gasteiger partial charge in [-0.3, -0.25) is 14.0 Å². The molecule has 0 radical (unpaired) electrons. The Hall–Kier alpha value is -4.24. The van der Waals surface area contributed by atoms with Crippen LogP contribution in [-0.2, 0) is 16.6 Å². The smallest absolute Gasteiger partial charge is 0.338 e. The fourth-order valence-electron chi connectivity index (χ4n) is 4.21. The van der Waals surface area contributed by atoms with Gasteiger partial charge in [0.1, 0.15) is 17.5 Å². The number of ether oxygens (including phenoxy) is 2. The molecule has 0 saturated carbocycles. The van der Waals surface area contributed by atoms with Crippen molar-refractivity contribution in [2.75, 3.05) is 7.11 Å². The van der Waals surface area contributed by atoms with Crippen molar-refractivity contribution in [3.05, 3.63) is 109 Å². The van der Waals surface area contributed by atoms with E-state index in [4.69, 9.17) is 9.47 Å². The third-order valence-electron chi connectivity index (χ3n) is 6.13. The molecule has 1 aliphatic heterocycles. The zero-order valence-electron chi connectivity index (χ0n) is 20.3. The number of aromatic nitrogens is 3. The minimum absolute atomic E-state index is 0.240. The predicted molar refractivity (Wildman–Crippen MR) is 137 cm³/mol. The number of nitrogens with zero attached hydrogens (tertiary/aromatic N) is 4. The minimum Gasteiger partial charge on any atom is -0.466 e. The predicted octanol–water partition coefficient (Wildman–Crippen LogP) is 3.24. The van der Waals surface area contributed by atoms with E-state index >= 15 is 0 Å². The summed E-state index contributed by atoms with van der Waals surface area (Å²) in [7, 11) is 3.15. The van der Waals surface area contributed by atoms with Gasteiger partial charge in [-0.05, 0) is 49.8 Å². The van der Waals surface area contributed by atoms with Gasteiger partial charge >= 0.3 is 5.97 Å². The SMILES string of the molecule is COC(=O)C1=C(C)N=c2s/c(=C/c3cccc(Oc4ccccc4)c3)c(=O)n2[C@@H]1c1cnn(C)c1C. The molecule has 1 aliphatic rings. The Morgan fingerprint density at radius 1 is 1.08 bits per heavy atom. The molecule has 0 aliphatic carbocycles. The van der Waals surface area contributed by atoms with Gasteiger partial charge in [-0.2, -0.15) is 5.10 Å². The summed E-state index contributed by atoms with van der Waals surface area (Å²) < 4.78 is 14.8. The van der Waals surface area contributed by atoms with E-state index in [-0.39, 0.29) is 5.56 Å². The van der Waals surface area contributed by atoms with Crippen LogP contribution in [0.15, 0.2) is 81.9 Å². The van der Waals surface area contributed by atoms with Crippen molar-refractivity contribution < 1.29 is 14.3 Å². The number of thiazole rings is 1. The number of esters is 1. The van der Waals surface area contributed by atoms with Gasteiger partial charge < -0.3 is 9.47 Å². The van der Waals surface area contributed by atoms with E-state index in [2.05, 4.69) is 10.1 Å². The number of fused-ring (bicyclic) bond motifs is 1. The lowest BCUT2D eigenvalue weighted by Crippen LogP contribution is -2.40. The Labute approximate surface area is 211 Å². The normalized spacial score (nSPS) is 15.4. The summed E-state index contributed by atoms with van der Waals surface area (Å²) in [6.07, 6.45) is 3.50. The second-order valence-corrected chi connectivity index (χ2v) is 9.38. The number of para-hydroxylation sites is 1. The third-order valence-corrected chi connectivity index (χ3v) is 7.11. The van der Waals surface area contributed by atoms with Crippen LogP contribution in [-0.4, -0.2) is 27.4 Å². The second-order valence-electron chi connectivity index (χ2n) is 8.37. The third kappa shape index (κ3) is 4.18. The van der Waals surface area contributed by atoms with E-state index in [0.29, 0.717) is 26.4 Å². The molecule has 9 heteroatoms. The number of rotatable bonds is 5. The standard InChI is InChI=1S/C27H24N4O4S/c1-16-23(26(33)34-4)24(21-15-28-30(3)17(21)2)31-25(32)22(36-27(31)29-16)14-18-9-8-12-20(13-18)35-19-10-6-5-7-11-19/h5-15,24H,1-4H3/b22-14+/t24-/m1/s1. The van der Waals surface area contributed by atoms with E-state index in [1.807, 2.05) is 74.6 Å². The Balaban J connectivity index is 1.63. The first-order valence-electron chi connectivity index (χ1n) is 11.3. The van der Waals surface area contributed by atoms with Crippen molar-refractivity contribution in [2.45, 2.75) is 19.9 Å². The van der Waals surface area contributed by atoms with E-state index in [0.717, 1.165) is 22.6 Å². The molecule has 0 fully saturated rings. The fraction of sp³-hybridized carbons (Fsp3) is 0.185. The van der Waals surface area contributed by atoms with E-state index in [1.165, 1.54) is 18.4 Å². The van der Waals surface area contributed by atoms with Crippen molar-refractivity contribution in [1.82, 2.24) is 14.3 Å². The Morgan fingerprint density at radius 3 is 2.53 bits per heavy atom. The molecule has 0 saturated heterocycles. The first kappa shape index (κ1) is 23.5. The molecular weight excluding hydrogens is 476 g/mol. The molecule has 0 spiro atoms. The number of carbonyl (C=O) groups is 1. The molecule has 1 atom stereocenters. The number of methoxy groups -OCH3 is 1. The van der Waals surface area contributed by atoms with Crippen LogP contribution in [0.4, 0.5) is 0 Å². The van der Waals surface area contributed by atoms with Gasteiger partial charge in [-0.15, -0.1) is 0 Å². The van der Waals surface area contributed by atoms with Gasteiger partial charge in [0.2, 0.25) is 0 Å². The Bertz CT molecular complexity index is 1680. The lowest BCUT2D eigenvalue weighted by atomic mass is 9.96. The zero-order valence-corrected chi connectivity index (χ0v) is 21.1. The van der Waals surface area contributed by atoms with Gasteiger partial charge in [0.25, 0.3) is 5.56 Å². The van der Waals surface area contributed by atoms with Crippen molar-refractivity contribution >= 4 is 23.4 Å². The number of hydrogen-bond donors (Lipinski definition) is 0. The number of carbonyl (C=O) groups excluding carboxylic acids is 1. The van der Waals surface area contributed by atoms with Crippen molar-refractivity contribution in [3.63, 3.8) is 0 Å². The summed E-state index contributed by atoms with van der Waals surface area (Å²) in [5.74, 6) is 0.867. The van der Waals surface area contributed by atoms with Crippen LogP contribution < -0.4 is 19.6 Å². The summed E-state index contributed by atoms with van der Waals surface area (Å²) >= 11 is 1.28. The van der Waals surface area contributed by atoms with Crippen molar-refractivity contribution in [2.24, 2.45) is 12.0 Å². The summed E-state index contributed by atoms with van der Waals surface area (Å²) in [4.78, 5) is 31.6. The minimum atomic E-state index is -0.683. The van der Waals surface area contributed by atoms with Crippen LogP contribution in [0.2, 0.25) is 0 Å². The highest BCUT2D eigenvalue weighted by Crippen LogP contribution is 2.32. The van der Waals surface area contributed by atoms with Gasteiger partial charge in [-0.1, -0.05) is 41.7 Å². The molecular formula is C27H24N4O4S. The molecule has 0 amide bonds. The van der Waals surface area contributed by atoms with Crippen LogP contribution in [0.25, 0.3) is 6.08 Å². The van der Waals surface area contributed by atoms with Crippen molar-refractivity contribution in [3.8, 4) is 11.5 Å². The number of benzene rings is 2. The largest absolute Gasteiger partial charge is 0.466 e. The van der Waals surface area contributed by atoms with Gasteiger partial charge in [0.15, 0.2) is 4.80 Å². The molecule has 5 rings (SSSR count). The van der Waals surface area contributed by atoms with Gasteiger partial charge in [-0.25, -0.2) is 9.79 Å². The number of hydrogen-bond acceptors (Lipinski definition) is 7.